The summed E-state index contributed by atoms with van der Waals surface area (Å²) in [6.45, 7) is 11.6. The summed E-state index contributed by atoms with van der Waals surface area (Å²) in [5, 5.41) is 0. The van der Waals surface area contributed by atoms with Gasteiger partial charge in [0, 0.05) is 31.6 Å². The summed E-state index contributed by atoms with van der Waals surface area (Å²) in [6, 6.07) is 0.398. The van der Waals surface area contributed by atoms with E-state index >= 15 is 0 Å². The van der Waals surface area contributed by atoms with Crippen molar-refractivity contribution in [2.75, 3.05) is 33.3 Å². The van der Waals surface area contributed by atoms with Crippen molar-refractivity contribution < 1.29 is 14.3 Å². The van der Waals surface area contributed by atoms with Crippen LogP contribution in [0.25, 0.3) is 0 Å². The molecule has 128 valence electrons. The number of likely N-dealkylation sites (tertiary alicyclic amines) is 2. The third-order valence-electron chi connectivity index (χ3n) is 4.58. The summed E-state index contributed by atoms with van der Waals surface area (Å²) in [5.74, 6) is 0.410. The van der Waals surface area contributed by atoms with Gasteiger partial charge in [0.2, 0.25) is 0 Å². The van der Waals surface area contributed by atoms with Crippen molar-refractivity contribution in [3.05, 3.63) is 0 Å². The number of ether oxygens (including phenoxy) is 2. The average molecular weight is 312 g/mol. The lowest BCUT2D eigenvalue weighted by molar-refractivity contribution is -0.0778. The Balaban J connectivity index is 1.76. The molecule has 0 aliphatic carbocycles. The number of hydrogen-bond donors (Lipinski definition) is 0. The quantitative estimate of drug-likeness (QED) is 0.800. The normalized spacial score (nSPS) is 28.1. The smallest absolute Gasteiger partial charge is 0.409 e. The highest BCUT2D eigenvalue weighted by Gasteiger charge is 2.36. The Bertz CT molecular complexity index is 375. The summed E-state index contributed by atoms with van der Waals surface area (Å²) in [5.41, 5.74) is -0.124. The first-order chi connectivity index (χ1) is 10.3. The van der Waals surface area contributed by atoms with Gasteiger partial charge >= 0.3 is 6.09 Å². The molecule has 0 spiro atoms. The van der Waals surface area contributed by atoms with Gasteiger partial charge in [0.1, 0.15) is 0 Å². The third kappa shape index (κ3) is 4.85. The molecule has 2 aliphatic rings. The Morgan fingerprint density at radius 3 is 2.50 bits per heavy atom. The fraction of sp³-hybridized carbons (Fsp3) is 0.941. The summed E-state index contributed by atoms with van der Waals surface area (Å²) in [7, 11) is 2.13. The van der Waals surface area contributed by atoms with Gasteiger partial charge in [-0.25, -0.2) is 4.79 Å². The van der Waals surface area contributed by atoms with Crippen LogP contribution in [0.1, 0.15) is 47.0 Å². The Morgan fingerprint density at radius 2 is 1.91 bits per heavy atom. The van der Waals surface area contributed by atoms with Crippen LogP contribution in [0, 0.1) is 5.92 Å². The summed E-state index contributed by atoms with van der Waals surface area (Å²) in [6.07, 6.45) is 3.28. The number of carbonyl (C=O) groups is 1. The van der Waals surface area contributed by atoms with E-state index in [0.29, 0.717) is 18.6 Å². The van der Waals surface area contributed by atoms with E-state index in [1.165, 1.54) is 0 Å². The lowest BCUT2D eigenvalue weighted by Crippen LogP contribution is -2.40. The van der Waals surface area contributed by atoms with Crippen molar-refractivity contribution in [1.82, 2.24) is 9.80 Å². The number of amides is 1. The van der Waals surface area contributed by atoms with Gasteiger partial charge in [-0.2, -0.15) is 0 Å². The molecule has 2 rings (SSSR count). The standard InChI is InChI=1S/C17H32N2O3/c1-13(22-17(2,3)4)15-10-14(11-18(15)5)12-21-16(20)19-8-6-7-9-19/h13-15H,6-12H2,1-5H3/t13-,14-,15-/m0/s1. The second-order valence-corrected chi connectivity index (χ2v) is 7.82. The first-order valence-corrected chi connectivity index (χ1v) is 8.56. The maximum atomic E-state index is 12.0. The van der Waals surface area contributed by atoms with Gasteiger partial charge in [-0.05, 0) is 54.0 Å². The SMILES string of the molecule is C[C@H](OC(C)(C)C)[C@@H]1C[C@H](COC(=O)N2CCCC2)CN1C. The van der Waals surface area contributed by atoms with E-state index in [1.54, 1.807) is 0 Å². The predicted molar refractivity (Wildman–Crippen MR) is 87.0 cm³/mol. The van der Waals surface area contributed by atoms with Gasteiger partial charge in [-0.1, -0.05) is 0 Å². The number of rotatable bonds is 4. The molecular weight excluding hydrogens is 280 g/mol. The van der Waals surface area contributed by atoms with Gasteiger partial charge in [-0.3, -0.25) is 0 Å². The minimum Gasteiger partial charge on any atom is -0.449 e. The van der Waals surface area contributed by atoms with Crippen LogP contribution >= 0.6 is 0 Å². The van der Waals surface area contributed by atoms with Crippen molar-refractivity contribution in [3.8, 4) is 0 Å². The molecule has 22 heavy (non-hydrogen) atoms. The van der Waals surface area contributed by atoms with E-state index in [1.807, 2.05) is 4.90 Å². The zero-order chi connectivity index (χ0) is 16.3. The summed E-state index contributed by atoms with van der Waals surface area (Å²) >= 11 is 0. The van der Waals surface area contributed by atoms with Crippen LogP contribution in [0.5, 0.6) is 0 Å². The van der Waals surface area contributed by atoms with E-state index in [2.05, 4.69) is 39.6 Å². The van der Waals surface area contributed by atoms with Gasteiger partial charge in [0.05, 0.1) is 18.3 Å². The highest BCUT2D eigenvalue weighted by atomic mass is 16.6. The molecule has 0 aromatic rings. The predicted octanol–water partition coefficient (Wildman–Crippen LogP) is 2.74. The van der Waals surface area contributed by atoms with Crippen molar-refractivity contribution >= 4 is 6.09 Å². The summed E-state index contributed by atoms with van der Waals surface area (Å²) in [4.78, 5) is 16.1. The molecule has 5 heteroatoms. The zero-order valence-corrected chi connectivity index (χ0v) is 14.8. The number of carbonyl (C=O) groups excluding carboxylic acids is 1. The van der Waals surface area contributed by atoms with Crippen LogP contribution in [0.3, 0.4) is 0 Å². The minimum atomic E-state index is -0.136. The van der Waals surface area contributed by atoms with E-state index in [0.717, 1.165) is 38.9 Å². The molecule has 1 amide bonds. The number of nitrogens with zero attached hydrogens (tertiary/aromatic N) is 2. The largest absolute Gasteiger partial charge is 0.449 e. The topological polar surface area (TPSA) is 42.0 Å². The van der Waals surface area contributed by atoms with Crippen molar-refractivity contribution in [3.63, 3.8) is 0 Å². The Kier molecular flexibility index (Phi) is 5.72. The summed E-state index contributed by atoms with van der Waals surface area (Å²) < 4.78 is 11.6. The molecule has 0 aromatic carbocycles. The fourth-order valence-electron chi connectivity index (χ4n) is 3.63. The van der Waals surface area contributed by atoms with Crippen molar-refractivity contribution in [2.24, 2.45) is 5.92 Å². The van der Waals surface area contributed by atoms with Crippen LogP contribution in [-0.2, 0) is 9.47 Å². The van der Waals surface area contributed by atoms with E-state index < -0.39 is 0 Å². The molecule has 0 unspecified atom stereocenters. The molecule has 2 aliphatic heterocycles. The van der Waals surface area contributed by atoms with Crippen LogP contribution < -0.4 is 0 Å². The Hall–Kier alpha value is -0.810. The highest BCUT2D eigenvalue weighted by molar-refractivity contribution is 5.67. The van der Waals surface area contributed by atoms with Crippen molar-refractivity contribution in [1.29, 1.82) is 0 Å². The van der Waals surface area contributed by atoms with Crippen LogP contribution in [0.15, 0.2) is 0 Å². The molecular formula is C17H32N2O3. The molecule has 0 radical (unpaired) electrons. The number of likely N-dealkylation sites (N-methyl/N-ethyl adjacent to an activating group) is 1. The maximum absolute atomic E-state index is 12.0. The molecule has 5 nitrogen and oxygen atoms in total. The molecule has 0 N–H and O–H groups in total. The van der Waals surface area contributed by atoms with Crippen LogP contribution in [-0.4, -0.2) is 66.9 Å². The molecule has 0 bridgehead atoms. The van der Waals surface area contributed by atoms with Gasteiger partial charge in [0.15, 0.2) is 0 Å². The van der Waals surface area contributed by atoms with E-state index in [9.17, 15) is 4.79 Å². The van der Waals surface area contributed by atoms with E-state index in [-0.39, 0.29) is 17.8 Å². The lowest BCUT2D eigenvalue weighted by atomic mass is 10.0. The second kappa shape index (κ2) is 7.18. The highest BCUT2D eigenvalue weighted by Crippen LogP contribution is 2.28. The monoisotopic (exact) mass is 312 g/mol. The van der Waals surface area contributed by atoms with Gasteiger partial charge in [0.25, 0.3) is 0 Å². The molecule has 2 heterocycles. The molecule has 3 atom stereocenters. The lowest BCUT2D eigenvalue weighted by Gasteiger charge is -2.32. The molecule has 0 aromatic heterocycles. The Morgan fingerprint density at radius 1 is 1.27 bits per heavy atom. The third-order valence-corrected chi connectivity index (χ3v) is 4.58. The molecule has 2 fully saturated rings. The zero-order valence-electron chi connectivity index (χ0n) is 14.8. The molecule has 0 saturated carbocycles. The first kappa shape index (κ1) is 17.5. The second-order valence-electron chi connectivity index (χ2n) is 7.82. The van der Waals surface area contributed by atoms with Crippen LogP contribution in [0.2, 0.25) is 0 Å². The minimum absolute atomic E-state index is 0.124. The Labute approximate surface area is 134 Å². The van der Waals surface area contributed by atoms with Crippen molar-refractivity contribution in [2.45, 2.75) is 64.7 Å². The fourth-order valence-corrected chi connectivity index (χ4v) is 3.63. The maximum Gasteiger partial charge on any atom is 0.409 e. The van der Waals surface area contributed by atoms with Crippen LogP contribution in [0.4, 0.5) is 4.79 Å². The van der Waals surface area contributed by atoms with Gasteiger partial charge < -0.3 is 19.3 Å². The van der Waals surface area contributed by atoms with E-state index in [4.69, 9.17) is 9.47 Å². The average Bonchev–Trinajstić information content (AvgIpc) is 3.03. The number of hydrogen-bond acceptors (Lipinski definition) is 4. The molecule has 2 saturated heterocycles. The first-order valence-electron chi connectivity index (χ1n) is 8.56. The van der Waals surface area contributed by atoms with Gasteiger partial charge in [-0.15, -0.1) is 0 Å².